The molecule has 0 bridgehead atoms. The van der Waals surface area contributed by atoms with Crippen molar-refractivity contribution in [2.45, 2.75) is 32.1 Å². The van der Waals surface area contributed by atoms with Gasteiger partial charge in [-0.25, -0.2) is 17.9 Å². The largest absolute Gasteiger partial charge is 0.465 e. The zero-order valence-electron chi connectivity index (χ0n) is 12.3. The maximum atomic E-state index is 12.2. The van der Waals surface area contributed by atoms with Gasteiger partial charge in [-0.05, 0) is 24.0 Å². The third kappa shape index (κ3) is 4.61. The molecule has 20 heavy (non-hydrogen) atoms. The first kappa shape index (κ1) is 16.7. The first-order valence-electron chi connectivity index (χ1n) is 6.34. The van der Waals surface area contributed by atoms with Gasteiger partial charge in [-0.3, -0.25) is 0 Å². The van der Waals surface area contributed by atoms with Gasteiger partial charge in [-0.15, -0.1) is 0 Å². The fourth-order valence-electron chi connectivity index (χ4n) is 1.62. The molecule has 0 saturated carbocycles. The van der Waals surface area contributed by atoms with E-state index in [1.54, 1.807) is 12.1 Å². The van der Waals surface area contributed by atoms with Crippen LogP contribution in [0.4, 0.5) is 0 Å². The number of carbonyl (C=O) groups excluding carboxylic acids is 1. The Morgan fingerprint density at radius 2 is 1.85 bits per heavy atom. The molecule has 1 aromatic rings. The molecule has 0 saturated heterocycles. The second-order valence-corrected chi connectivity index (χ2v) is 7.43. The van der Waals surface area contributed by atoms with Gasteiger partial charge in [-0.1, -0.05) is 32.9 Å². The molecule has 0 aliphatic rings. The SMILES string of the molecule is COC(=O)c1ccccc1S(=O)(=O)NCCC(C)(C)C. The third-order valence-corrected chi connectivity index (χ3v) is 4.27. The number of hydrogen-bond donors (Lipinski definition) is 1. The van der Waals surface area contributed by atoms with E-state index in [4.69, 9.17) is 0 Å². The molecule has 5 nitrogen and oxygen atoms in total. The summed E-state index contributed by atoms with van der Waals surface area (Å²) in [4.78, 5) is 11.5. The van der Waals surface area contributed by atoms with Crippen LogP contribution in [0.5, 0.6) is 0 Å². The lowest BCUT2D eigenvalue weighted by Gasteiger charge is -2.18. The second kappa shape index (κ2) is 6.37. The van der Waals surface area contributed by atoms with Crippen molar-refractivity contribution in [3.63, 3.8) is 0 Å². The molecule has 1 rings (SSSR count). The van der Waals surface area contributed by atoms with Crippen molar-refractivity contribution < 1.29 is 17.9 Å². The van der Waals surface area contributed by atoms with Crippen molar-refractivity contribution in [1.29, 1.82) is 0 Å². The minimum absolute atomic E-state index is 0.0321. The molecule has 6 heteroatoms. The molecule has 0 atom stereocenters. The van der Waals surface area contributed by atoms with Crippen LogP contribution in [0.25, 0.3) is 0 Å². The lowest BCUT2D eigenvalue weighted by Crippen LogP contribution is -2.28. The maximum absolute atomic E-state index is 12.2. The molecule has 0 radical (unpaired) electrons. The Morgan fingerprint density at radius 3 is 2.40 bits per heavy atom. The monoisotopic (exact) mass is 299 g/mol. The summed E-state index contributed by atoms with van der Waals surface area (Å²) in [7, 11) is -2.50. The van der Waals surface area contributed by atoms with E-state index in [2.05, 4.69) is 9.46 Å². The average Bonchev–Trinajstić information content (AvgIpc) is 2.36. The van der Waals surface area contributed by atoms with Gasteiger partial charge in [-0.2, -0.15) is 0 Å². The van der Waals surface area contributed by atoms with Crippen LogP contribution in [0.15, 0.2) is 29.2 Å². The van der Waals surface area contributed by atoms with Crippen molar-refractivity contribution in [1.82, 2.24) is 4.72 Å². The van der Waals surface area contributed by atoms with Crippen molar-refractivity contribution >= 4 is 16.0 Å². The Labute approximate surface area is 120 Å². The number of ether oxygens (including phenoxy) is 1. The molecular formula is C14H21NO4S. The van der Waals surface area contributed by atoms with Crippen LogP contribution in [0.3, 0.4) is 0 Å². The van der Waals surface area contributed by atoms with E-state index >= 15 is 0 Å². The molecule has 1 aromatic carbocycles. The summed E-state index contributed by atoms with van der Waals surface area (Å²) in [6.45, 7) is 6.42. The first-order valence-corrected chi connectivity index (χ1v) is 7.83. The topological polar surface area (TPSA) is 72.5 Å². The predicted octanol–water partition coefficient (Wildman–Crippen LogP) is 2.19. The maximum Gasteiger partial charge on any atom is 0.339 e. The summed E-state index contributed by atoms with van der Waals surface area (Å²) in [5.74, 6) is -0.665. The van der Waals surface area contributed by atoms with E-state index in [0.29, 0.717) is 13.0 Å². The first-order chi connectivity index (χ1) is 9.17. The van der Waals surface area contributed by atoms with E-state index in [-0.39, 0.29) is 15.9 Å². The molecule has 0 fully saturated rings. The second-order valence-electron chi connectivity index (χ2n) is 5.70. The minimum atomic E-state index is -3.72. The summed E-state index contributed by atoms with van der Waals surface area (Å²) in [5.41, 5.74) is 0.0722. The van der Waals surface area contributed by atoms with Crippen LogP contribution < -0.4 is 4.72 Å². The smallest absolute Gasteiger partial charge is 0.339 e. The van der Waals surface area contributed by atoms with E-state index in [9.17, 15) is 13.2 Å². The zero-order valence-corrected chi connectivity index (χ0v) is 13.1. The lowest BCUT2D eigenvalue weighted by molar-refractivity contribution is 0.0596. The van der Waals surface area contributed by atoms with Gasteiger partial charge in [0.25, 0.3) is 0 Å². The quantitative estimate of drug-likeness (QED) is 0.846. The molecule has 0 aromatic heterocycles. The van der Waals surface area contributed by atoms with Gasteiger partial charge < -0.3 is 4.74 Å². The Balaban J connectivity index is 2.96. The van der Waals surface area contributed by atoms with Gasteiger partial charge >= 0.3 is 5.97 Å². The summed E-state index contributed by atoms with van der Waals surface area (Å²) in [5, 5.41) is 0. The van der Waals surface area contributed by atoms with Gasteiger partial charge in [0.15, 0.2) is 0 Å². The number of hydrogen-bond acceptors (Lipinski definition) is 4. The fourth-order valence-corrected chi connectivity index (χ4v) is 2.84. The summed E-state index contributed by atoms with van der Waals surface area (Å²) < 4.78 is 31.6. The Kier molecular flexibility index (Phi) is 5.30. The molecule has 0 aliphatic carbocycles. The molecule has 0 amide bonds. The van der Waals surface area contributed by atoms with E-state index < -0.39 is 16.0 Å². The molecule has 0 aliphatic heterocycles. The Bertz CT molecular complexity index is 573. The number of sulfonamides is 1. The molecular weight excluding hydrogens is 278 g/mol. The lowest BCUT2D eigenvalue weighted by atomic mass is 9.93. The van der Waals surface area contributed by atoms with Gasteiger partial charge in [0.05, 0.1) is 17.6 Å². The third-order valence-electron chi connectivity index (χ3n) is 2.75. The standard InChI is InChI=1S/C14H21NO4S/c1-14(2,3)9-10-15-20(17,18)12-8-6-5-7-11(12)13(16)19-4/h5-8,15H,9-10H2,1-4H3. The number of esters is 1. The normalized spacial score (nSPS) is 12.2. The predicted molar refractivity (Wildman–Crippen MR) is 77.0 cm³/mol. The molecule has 1 N–H and O–H groups in total. The van der Waals surface area contributed by atoms with Crippen molar-refractivity contribution in [2.24, 2.45) is 5.41 Å². The minimum Gasteiger partial charge on any atom is -0.465 e. The number of nitrogens with one attached hydrogen (secondary N) is 1. The number of methoxy groups -OCH3 is 1. The number of rotatable bonds is 5. The van der Waals surface area contributed by atoms with Crippen LogP contribution in [0.1, 0.15) is 37.6 Å². The van der Waals surface area contributed by atoms with Gasteiger partial charge in [0.2, 0.25) is 10.0 Å². The average molecular weight is 299 g/mol. The van der Waals surface area contributed by atoms with Crippen LogP contribution >= 0.6 is 0 Å². The van der Waals surface area contributed by atoms with Crippen molar-refractivity contribution in [2.75, 3.05) is 13.7 Å². The highest BCUT2D eigenvalue weighted by atomic mass is 32.2. The molecule has 0 heterocycles. The Morgan fingerprint density at radius 1 is 1.25 bits per heavy atom. The highest BCUT2D eigenvalue weighted by Gasteiger charge is 2.22. The van der Waals surface area contributed by atoms with Crippen LogP contribution in [-0.2, 0) is 14.8 Å². The Hall–Kier alpha value is -1.40. The molecule has 0 unspecified atom stereocenters. The van der Waals surface area contributed by atoms with Crippen LogP contribution in [0.2, 0.25) is 0 Å². The summed E-state index contributed by atoms with van der Waals surface area (Å²) in [6.07, 6.45) is 0.701. The summed E-state index contributed by atoms with van der Waals surface area (Å²) in [6, 6.07) is 6.00. The van der Waals surface area contributed by atoms with Crippen molar-refractivity contribution in [3.05, 3.63) is 29.8 Å². The zero-order chi connectivity index (χ0) is 15.4. The van der Waals surface area contributed by atoms with Crippen molar-refractivity contribution in [3.8, 4) is 0 Å². The molecule has 112 valence electrons. The number of carbonyl (C=O) groups is 1. The van der Waals surface area contributed by atoms with E-state index in [1.165, 1.54) is 19.2 Å². The highest BCUT2D eigenvalue weighted by molar-refractivity contribution is 7.89. The van der Waals surface area contributed by atoms with E-state index in [1.807, 2.05) is 20.8 Å². The van der Waals surface area contributed by atoms with Gasteiger partial charge in [0, 0.05) is 6.54 Å². The van der Waals surface area contributed by atoms with Crippen LogP contribution in [-0.4, -0.2) is 28.0 Å². The van der Waals surface area contributed by atoms with E-state index in [0.717, 1.165) is 0 Å². The fraction of sp³-hybridized carbons (Fsp3) is 0.500. The highest BCUT2D eigenvalue weighted by Crippen LogP contribution is 2.19. The summed E-state index contributed by atoms with van der Waals surface area (Å²) >= 11 is 0. The number of benzene rings is 1. The van der Waals surface area contributed by atoms with Gasteiger partial charge in [0.1, 0.15) is 0 Å². The van der Waals surface area contributed by atoms with Crippen LogP contribution in [0, 0.1) is 5.41 Å². The molecule has 0 spiro atoms.